The molecule has 2 nitrogen and oxygen atoms in total. The third-order valence-corrected chi connectivity index (χ3v) is 11.3. The van der Waals surface area contributed by atoms with Gasteiger partial charge in [0.15, 0.2) is 0 Å². The van der Waals surface area contributed by atoms with Gasteiger partial charge < -0.3 is 9.13 Å². The molecule has 10 rings (SSSR count). The number of fused-ring (bicyclic) bond motifs is 10. The fourth-order valence-electron chi connectivity index (χ4n) is 7.15. The molecule has 0 amide bonds. The van der Waals surface area contributed by atoms with Crippen molar-refractivity contribution in [3.05, 3.63) is 146 Å². The van der Waals surface area contributed by atoms with Gasteiger partial charge in [-0.25, -0.2) is 0 Å². The number of aromatic nitrogens is 2. The minimum absolute atomic E-state index is 1.20. The van der Waals surface area contributed by atoms with E-state index in [4.69, 9.17) is 0 Å². The molecule has 10 aromatic rings. The van der Waals surface area contributed by atoms with Crippen LogP contribution in [-0.4, -0.2) is 9.13 Å². The topological polar surface area (TPSA) is 9.86 Å². The fraction of sp³-hybridized carbons (Fsp3) is 0. The molecule has 0 radical (unpaired) electrons. The molecule has 0 N–H and O–H groups in total. The van der Waals surface area contributed by atoms with E-state index in [0.717, 1.165) is 0 Å². The van der Waals surface area contributed by atoms with Crippen LogP contribution in [0.5, 0.6) is 0 Å². The van der Waals surface area contributed by atoms with E-state index in [-0.39, 0.29) is 0 Å². The molecule has 0 aliphatic heterocycles. The van der Waals surface area contributed by atoms with Crippen LogP contribution in [0, 0.1) is 0 Å². The quantitative estimate of drug-likeness (QED) is 0.192. The van der Waals surface area contributed by atoms with Gasteiger partial charge in [0.1, 0.15) is 9.66 Å². The van der Waals surface area contributed by atoms with Gasteiger partial charge in [0.05, 0.1) is 22.4 Å². The van der Waals surface area contributed by atoms with Crippen LogP contribution in [0.15, 0.2) is 146 Å². The Bertz CT molecular complexity index is 2540. The second-order valence-electron chi connectivity index (χ2n) is 11.3. The van der Waals surface area contributed by atoms with Crippen molar-refractivity contribution < 1.29 is 0 Å². The van der Waals surface area contributed by atoms with Crippen molar-refractivity contribution in [1.82, 2.24) is 9.13 Å². The first-order valence-corrected chi connectivity index (χ1v) is 16.5. The Morgan fingerprint density at radius 1 is 0.341 bits per heavy atom. The molecule has 0 spiro atoms. The normalized spacial score (nSPS) is 12.1. The second-order valence-corrected chi connectivity index (χ2v) is 13.4. The van der Waals surface area contributed by atoms with Crippen LogP contribution in [0.25, 0.3) is 84.9 Å². The number of thiophene rings is 2. The molecule has 0 saturated carbocycles. The highest BCUT2D eigenvalue weighted by Gasteiger charge is 2.22. The minimum Gasteiger partial charge on any atom is -0.300 e. The van der Waals surface area contributed by atoms with E-state index in [1.54, 1.807) is 0 Å². The van der Waals surface area contributed by atoms with Crippen molar-refractivity contribution in [3.8, 4) is 22.5 Å². The zero-order chi connectivity index (χ0) is 28.8. The molecule has 0 saturated heterocycles. The van der Waals surface area contributed by atoms with Gasteiger partial charge in [0.2, 0.25) is 0 Å². The predicted molar refractivity (Wildman–Crippen MR) is 191 cm³/mol. The minimum atomic E-state index is 1.20. The molecule has 0 aliphatic carbocycles. The lowest BCUT2D eigenvalue weighted by Gasteiger charge is -2.17. The molecular formula is C40H24N2S2. The van der Waals surface area contributed by atoms with Gasteiger partial charge in [0, 0.05) is 52.8 Å². The van der Waals surface area contributed by atoms with E-state index in [1.165, 1.54) is 84.9 Å². The van der Waals surface area contributed by atoms with Crippen LogP contribution in [0.3, 0.4) is 0 Å². The molecular weight excluding hydrogens is 573 g/mol. The highest BCUT2D eigenvalue weighted by Crippen LogP contribution is 2.46. The molecule has 0 unspecified atom stereocenters. The molecule has 206 valence electrons. The Balaban J connectivity index is 1.31. The summed E-state index contributed by atoms with van der Waals surface area (Å²) in [5, 5.41) is 7.93. The average Bonchev–Trinajstić information content (AvgIpc) is 3.81. The second kappa shape index (κ2) is 9.17. The van der Waals surface area contributed by atoms with E-state index < -0.39 is 0 Å². The number of rotatable bonds is 3. The summed E-state index contributed by atoms with van der Waals surface area (Å²) in [6.07, 6.45) is 0. The van der Waals surface area contributed by atoms with Crippen molar-refractivity contribution in [2.24, 2.45) is 0 Å². The summed E-state index contributed by atoms with van der Waals surface area (Å²) < 4.78 is 7.62. The molecule has 6 aromatic carbocycles. The predicted octanol–water partition coefficient (Wildman–Crippen LogP) is 12.0. The monoisotopic (exact) mass is 596 g/mol. The Labute approximate surface area is 261 Å². The summed E-state index contributed by atoms with van der Waals surface area (Å²) >= 11 is 3.76. The van der Waals surface area contributed by atoms with Crippen LogP contribution >= 0.6 is 22.7 Å². The van der Waals surface area contributed by atoms with E-state index in [9.17, 15) is 0 Å². The lowest BCUT2D eigenvalue weighted by Crippen LogP contribution is -2.00. The molecule has 4 heterocycles. The van der Waals surface area contributed by atoms with Gasteiger partial charge in [-0.2, -0.15) is 0 Å². The van der Waals surface area contributed by atoms with Crippen LogP contribution in [-0.2, 0) is 0 Å². The van der Waals surface area contributed by atoms with Crippen LogP contribution in [0.1, 0.15) is 0 Å². The number of hydrogen-bond donors (Lipinski definition) is 0. The van der Waals surface area contributed by atoms with Crippen LogP contribution < -0.4 is 0 Å². The third kappa shape index (κ3) is 3.24. The lowest BCUT2D eigenvalue weighted by molar-refractivity contribution is 1.17. The molecule has 0 aliphatic rings. The maximum Gasteiger partial charge on any atom is 0.109 e. The molecule has 4 aromatic heterocycles. The Kier molecular flexibility index (Phi) is 5.06. The van der Waals surface area contributed by atoms with Crippen LogP contribution in [0.2, 0.25) is 0 Å². The smallest absolute Gasteiger partial charge is 0.109 e. The van der Waals surface area contributed by atoms with E-state index >= 15 is 0 Å². The molecule has 0 atom stereocenters. The van der Waals surface area contributed by atoms with Gasteiger partial charge >= 0.3 is 0 Å². The Hall–Kier alpha value is -5.16. The van der Waals surface area contributed by atoms with Crippen molar-refractivity contribution in [2.75, 3.05) is 0 Å². The van der Waals surface area contributed by atoms with Crippen molar-refractivity contribution in [2.45, 2.75) is 0 Å². The number of benzene rings is 6. The highest BCUT2D eigenvalue weighted by atomic mass is 32.1. The van der Waals surface area contributed by atoms with E-state index in [1.807, 2.05) is 22.7 Å². The summed E-state index contributed by atoms with van der Waals surface area (Å²) in [6.45, 7) is 0. The van der Waals surface area contributed by atoms with Crippen LogP contribution in [0.4, 0.5) is 0 Å². The summed E-state index contributed by atoms with van der Waals surface area (Å²) in [4.78, 5) is 2.58. The molecule has 44 heavy (non-hydrogen) atoms. The third-order valence-electron chi connectivity index (χ3n) is 8.97. The lowest BCUT2D eigenvalue weighted by atomic mass is 10.0. The molecule has 4 heteroatoms. The first-order valence-electron chi connectivity index (χ1n) is 14.9. The fourth-order valence-corrected chi connectivity index (χ4v) is 9.64. The number of nitrogens with zero attached hydrogens (tertiary/aromatic N) is 2. The summed E-state index contributed by atoms with van der Waals surface area (Å²) in [6, 6.07) is 53.1. The van der Waals surface area contributed by atoms with Gasteiger partial charge in [-0.3, -0.25) is 0 Å². The van der Waals surface area contributed by atoms with Crippen molar-refractivity contribution >= 4 is 85.1 Å². The van der Waals surface area contributed by atoms with Gasteiger partial charge in [-0.1, -0.05) is 109 Å². The zero-order valence-corrected chi connectivity index (χ0v) is 25.2. The largest absolute Gasteiger partial charge is 0.300 e. The highest BCUT2D eigenvalue weighted by molar-refractivity contribution is 7.26. The van der Waals surface area contributed by atoms with Gasteiger partial charge in [0.25, 0.3) is 0 Å². The summed E-state index contributed by atoms with van der Waals surface area (Å²) in [5.74, 6) is 0. The first-order chi connectivity index (χ1) is 21.9. The van der Waals surface area contributed by atoms with Gasteiger partial charge in [-0.05, 0) is 36.4 Å². The Morgan fingerprint density at radius 3 is 1.18 bits per heavy atom. The maximum atomic E-state index is 2.49. The summed E-state index contributed by atoms with van der Waals surface area (Å²) in [7, 11) is 0. The summed E-state index contributed by atoms with van der Waals surface area (Å²) in [5.41, 5.74) is 7.31. The van der Waals surface area contributed by atoms with E-state index in [0.29, 0.717) is 0 Å². The first kappa shape index (κ1) is 24.3. The standard InChI is InChI=1S/C40H24N2S2/c1-7-19-31(41-33-21-9-3-15-27(33)37-29-17-5-11-23-35(29)43-39(37)41)25(13-1)26-14-2-8-20-32(26)42-34-22-10-4-16-28(34)38-30-18-6-12-24-36(30)44-40(38)42/h1-24H. The maximum absolute atomic E-state index is 2.49. The Morgan fingerprint density at radius 2 is 0.705 bits per heavy atom. The van der Waals surface area contributed by atoms with Crippen molar-refractivity contribution in [1.29, 1.82) is 0 Å². The van der Waals surface area contributed by atoms with E-state index in [2.05, 4.69) is 155 Å². The number of hydrogen-bond acceptors (Lipinski definition) is 2. The van der Waals surface area contributed by atoms with Crippen molar-refractivity contribution in [3.63, 3.8) is 0 Å². The zero-order valence-electron chi connectivity index (χ0n) is 23.6. The molecule has 0 fully saturated rings. The SMILES string of the molecule is c1ccc(-n2c3ccccc3c3c4ccccc4sc32)c(-c2ccccc2-n2c3ccccc3c3c4ccccc4sc32)c1. The van der Waals surface area contributed by atoms with Gasteiger partial charge in [-0.15, -0.1) is 22.7 Å². The number of para-hydroxylation sites is 4. The average molecular weight is 597 g/mol. The molecule has 0 bridgehead atoms.